The zero-order valence-corrected chi connectivity index (χ0v) is 12.4. The van der Waals surface area contributed by atoms with Crippen LogP contribution in [0.1, 0.15) is 24.4 Å². The van der Waals surface area contributed by atoms with Gasteiger partial charge < -0.3 is 5.32 Å². The summed E-state index contributed by atoms with van der Waals surface area (Å²) in [5.41, 5.74) is 0.594. The van der Waals surface area contributed by atoms with Gasteiger partial charge in [-0.1, -0.05) is 28.9 Å². The Bertz CT molecular complexity index is 537. The molecule has 0 bridgehead atoms. The van der Waals surface area contributed by atoms with Gasteiger partial charge in [0.05, 0.1) is 7.05 Å². The van der Waals surface area contributed by atoms with E-state index in [2.05, 4.69) is 36.7 Å². The molecule has 1 heterocycles. The number of aryl methyl sites for hydroxylation is 1. The van der Waals surface area contributed by atoms with Crippen molar-refractivity contribution in [3.8, 4) is 0 Å². The molecule has 0 amide bonds. The molecular formula is C12H15BrFN5. The molecular weight excluding hydrogens is 313 g/mol. The largest absolute Gasteiger partial charge is 0.310 e. The van der Waals surface area contributed by atoms with Crippen LogP contribution < -0.4 is 5.32 Å². The summed E-state index contributed by atoms with van der Waals surface area (Å²) < 4.78 is 14.7. The number of aromatic nitrogens is 4. The normalized spacial score (nSPS) is 12.6. The van der Waals surface area contributed by atoms with Crippen LogP contribution in [0.25, 0.3) is 0 Å². The first kappa shape index (κ1) is 14.1. The maximum Gasteiger partial charge on any atom is 0.176 e. The monoisotopic (exact) mass is 327 g/mol. The number of tetrazole rings is 1. The number of rotatable bonds is 5. The molecule has 19 heavy (non-hydrogen) atoms. The zero-order valence-electron chi connectivity index (χ0n) is 10.8. The van der Waals surface area contributed by atoms with E-state index in [1.807, 2.05) is 13.0 Å². The standard InChI is InChI=1S/C12H15BrFN5/c1-3-15-10(7-11-16-18-19(2)17-11)12-8(13)5-4-6-9(12)14/h4-6,10,15H,3,7H2,1-2H3. The van der Waals surface area contributed by atoms with Crippen LogP contribution in [0.4, 0.5) is 4.39 Å². The average Bonchev–Trinajstić information content (AvgIpc) is 2.75. The minimum absolute atomic E-state index is 0.190. The van der Waals surface area contributed by atoms with Gasteiger partial charge in [-0.25, -0.2) is 4.39 Å². The fourth-order valence-electron chi connectivity index (χ4n) is 1.95. The van der Waals surface area contributed by atoms with E-state index in [4.69, 9.17) is 0 Å². The van der Waals surface area contributed by atoms with Gasteiger partial charge in [0.25, 0.3) is 0 Å². The van der Waals surface area contributed by atoms with Crippen LogP contribution in [0.15, 0.2) is 22.7 Å². The van der Waals surface area contributed by atoms with E-state index in [-0.39, 0.29) is 11.9 Å². The number of nitrogens with zero attached hydrogens (tertiary/aromatic N) is 4. The van der Waals surface area contributed by atoms with Crippen molar-refractivity contribution in [1.82, 2.24) is 25.5 Å². The van der Waals surface area contributed by atoms with E-state index >= 15 is 0 Å². The van der Waals surface area contributed by atoms with E-state index < -0.39 is 0 Å². The molecule has 7 heteroatoms. The van der Waals surface area contributed by atoms with E-state index in [1.165, 1.54) is 10.9 Å². The number of halogens is 2. The Morgan fingerprint density at radius 3 is 2.84 bits per heavy atom. The van der Waals surface area contributed by atoms with Crippen molar-refractivity contribution in [2.75, 3.05) is 6.54 Å². The molecule has 0 fully saturated rings. The second-order valence-electron chi connectivity index (χ2n) is 4.14. The third-order valence-electron chi connectivity index (χ3n) is 2.74. The van der Waals surface area contributed by atoms with Crippen molar-refractivity contribution in [2.45, 2.75) is 19.4 Å². The van der Waals surface area contributed by atoms with Crippen molar-refractivity contribution in [2.24, 2.45) is 7.05 Å². The Morgan fingerprint density at radius 1 is 1.47 bits per heavy atom. The lowest BCUT2D eigenvalue weighted by atomic mass is 10.0. The van der Waals surface area contributed by atoms with Gasteiger partial charge in [-0.3, -0.25) is 0 Å². The minimum Gasteiger partial charge on any atom is -0.310 e. The van der Waals surface area contributed by atoms with Gasteiger partial charge >= 0.3 is 0 Å². The summed E-state index contributed by atoms with van der Waals surface area (Å²) in [6.07, 6.45) is 0.487. The maximum atomic E-state index is 14.0. The summed E-state index contributed by atoms with van der Waals surface area (Å²) in [5.74, 6) is 0.341. The van der Waals surface area contributed by atoms with E-state index in [1.54, 1.807) is 13.1 Å². The molecule has 1 aromatic carbocycles. The Labute approximate surface area is 119 Å². The molecule has 2 rings (SSSR count). The number of likely N-dealkylation sites (N-methyl/N-ethyl adjacent to an activating group) is 1. The van der Waals surface area contributed by atoms with Gasteiger partial charge in [0, 0.05) is 22.5 Å². The van der Waals surface area contributed by atoms with E-state index in [9.17, 15) is 4.39 Å². The second-order valence-corrected chi connectivity index (χ2v) is 5.00. The summed E-state index contributed by atoms with van der Waals surface area (Å²) in [6, 6.07) is 4.76. The minimum atomic E-state index is -0.246. The van der Waals surface area contributed by atoms with Crippen LogP contribution in [-0.4, -0.2) is 26.8 Å². The van der Waals surface area contributed by atoms with Crippen molar-refractivity contribution in [1.29, 1.82) is 0 Å². The van der Waals surface area contributed by atoms with Crippen LogP contribution >= 0.6 is 15.9 Å². The van der Waals surface area contributed by atoms with Crippen LogP contribution in [0.2, 0.25) is 0 Å². The summed E-state index contributed by atoms with van der Waals surface area (Å²) in [7, 11) is 1.71. The Balaban J connectivity index is 2.29. The molecule has 102 valence electrons. The molecule has 1 unspecified atom stereocenters. The van der Waals surface area contributed by atoms with Gasteiger partial charge in [-0.15, -0.1) is 10.2 Å². The van der Waals surface area contributed by atoms with Crippen molar-refractivity contribution in [3.05, 3.63) is 39.9 Å². The van der Waals surface area contributed by atoms with Crippen LogP contribution in [-0.2, 0) is 13.5 Å². The first-order chi connectivity index (χ1) is 9.11. The summed E-state index contributed by atoms with van der Waals surface area (Å²) >= 11 is 3.39. The molecule has 2 aromatic rings. The summed E-state index contributed by atoms with van der Waals surface area (Å²) in [5, 5.41) is 15.1. The molecule has 0 aliphatic heterocycles. The van der Waals surface area contributed by atoms with E-state index in [0.717, 1.165) is 11.0 Å². The lowest BCUT2D eigenvalue weighted by molar-refractivity contribution is 0.498. The molecule has 0 radical (unpaired) electrons. The van der Waals surface area contributed by atoms with Crippen molar-refractivity contribution < 1.29 is 4.39 Å². The van der Waals surface area contributed by atoms with Crippen molar-refractivity contribution in [3.63, 3.8) is 0 Å². The van der Waals surface area contributed by atoms with E-state index in [0.29, 0.717) is 17.8 Å². The highest BCUT2D eigenvalue weighted by Gasteiger charge is 2.20. The molecule has 1 atom stereocenters. The number of nitrogens with one attached hydrogen (secondary N) is 1. The van der Waals surface area contributed by atoms with Crippen LogP contribution in [0, 0.1) is 5.82 Å². The summed E-state index contributed by atoms with van der Waals surface area (Å²) in [4.78, 5) is 1.40. The predicted octanol–water partition coefficient (Wildman–Crippen LogP) is 2.00. The fourth-order valence-corrected chi connectivity index (χ4v) is 2.57. The molecule has 0 spiro atoms. The highest BCUT2D eigenvalue weighted by molar-refractivity contribution is 9.10. The molecule has 0 saturated carbocycles. The lowest BCUT2D eigenvalue weighted by Gasteiger charge is -2.18. The smallest absolute Gasteiger partial charge is 0.176 e. The maximum absolute atomic E-state index is 14.0. The third kappa shape index (κ3) is 3.36. The lowest BCUT2D eigenvalue weighted by Crippen LogP contribution is -2.25. The quantitative estimate of drug-likeness (QED) is 0.912. The molecule has 1 aromatic heterocycles. The highest BCUT2D eigenvalue weighted by Crippen LogP contribution is 2.27. The van der Waals surface area contributed by atoms with Gasteiger partial charge in [0.1, 0.15) is 5.82 Å². The van der Waals surface area contributed by atoms with Crippen molar-refractivity contribution >= 4 is 15.9 Å². The zero-order chi connectivity index (χ0) is 13.8. The Kier molecular flexibility index (Phi) is 4.60. The number of hydrogen-bond acceptors (Lipinski definition) is 4. The average molecular weight is 328 g/mol. The molecule has 0 aliphatic carbocycles. The van der Waals surface area contributed by atoms with Gasteiger partial charge in [0.15, 0.2) is 5.82 Å². The Hall–Kier alpha value is -1.34. The topological polar surface area (TPSA) is 55.6 Å². The first-order valence-corrected chi connectivity index (χ1v) is 6.81. The fraction of sp³-hybridized carbons (Fsp3) is 0.417. The van der Waals surface area contributed by atoms with Gasteiger partial charge in [0.2, 0.25) is 0 Å². The predicted molar refractivity (Wildman–Crippen MR) is 73.0 cm³/mol. The SMILES string of the molecule is CCNC(Cc1nnn(C)n1)c1c(F)cccc1Br. The van der Waals surface area contributed by atoms with Gasteiger partial charge in [-0.05, 0) is 23.9 Å². The second kappa shape index (κ2) is 6.21. The van der Waals surface area contributed by atoms with Crippen LogP contribution in [0.5, 0.6) is 0 Å². The summed E-state index contributed by atoms with van der Waals surface area (Å²) in [6.45, 7) is 2.71. The first-order valence-electron chi connectivity index (χ1n) is 6.02. The third-order valence-corrected chi connectivity index (χ3v) is 3.43. The molecule has 0 aliphatic rings. The number of hydrogen-bond donors (Lipinski definition) is 1. The number of benzene rings is 1. The van der Waals surface area contributed by atoms with Gasteiger partial charge in [-0.2, -0.15) is 4.80 Å². The molecule has 1 N–H and O–H groups in total. The Morgan fingerprint density at radius 2 is 2.26 bits per heavy atom. The molecule has 5 nitrogen and oxygen atoms in total. The molecule has 0 saturated heterocycles. The van der Waals surface area contributed by atoms with Crippen LogP contribution in [0.3, 0.4) is 0 Å². The highest BCUT2D eigenvalue weighted by atomic mass is 79.9.